The first-order chi connectivity index (χ1) is 7.37. The second kappa shape index (κ2) is 5.74. The van der Waals surface area contributed by atoms with Crippen molar-refractivity contribution in [3.05, 3.63) is 0 Å². The largest absolute Gasteiger partial charge is 0.389 e. The monoisotopic (exact) mass is 245 g/mol. The van der Waals surface area contributed by atoms with Crippen molar-refractivity contribution in [3.63, 3.8) is 0 Å². The van der Waals surface area contributed by atoms with Crippen LogP contribution in [0, 0.1) is 5.41 Å². The minimum Gasteiger partial charge on any atom is -0.389 e. The van der Waals surface area contributed by atoms with Crippen LogP contribution in [0.25, 0.3) is 0 Å². The number of hydrogen-bond donors (Lipinski definition) is 2. The summed E-state index contributed by atoms with van der Waals surface area (Å²) < 4.78 is 0. The van der Waals surface area contributed by atoms with Crippen LogP contribution in [0.4, 0.5) is 0 Å². The Bertz CT molecular complexity index is 216. The van der Waals surface area contributed by atoms with E-state index in [2.05, 4.69) is 26.1 Å². The summed E-state index contributed by atoms with van der Waals surface area (Å²) in [4.78, 5) is 0. The molecule has 0 aromatic carbocycles. The van der Waals surface area contributed by atoms with Gasteiger partial charge in [-0.25, -0.2) is 0 Å². The van der Waals surface area contributed by atoms with Gasteiger partial charge in [-0.15, -0.1) is 0 Å². The summed E-state index contributed by atoms with van der Waals surface area (Å²) in [5.41, 5.74) is -0.180. The van der Waals surface area contributed by atoms with Crippen LogP contribution in [0.3, 0.4) is 0 Å². The van der Waals surface area contributed by atoms with Gasteiger partial charge in [0.2, 0.25) is 0 Å². The molecule has 0 radical (unpaired) electrons. The van der Waals surface area contributed by atoms with Crippen molar-refractivity contribution in [2.45, 2.75) is 58.6 Å². The van der Waals surface area contributed by atoms with E-state index in [1.165, 1.54) is 17.9 Å². The van der Waals surface area contributed by atoms with Crippen molar-refractivity contribution in [1.82, 2.24) is 5.32 Å². The number of thioether (sulfide) groups is 1. The Morgan fingerprint density at radius 3 is 2.75 bits per heavy atom. The first-order valence-electron chi connectivity index (χ1n) is 6.41. The van der Waals surface area contributed by atoms with E-state index >= 15 is 0 Å². The maximum atomic E-state index is 10.1. The number of hydrogen-bond acceptors (Lipinski definition) is 3. The van der Waals surface area contributed by atoms with E-state index in [1.54, 1.807) is 0 Å². The Balaban J connectivity index is 2.41. The molecule has 0 amide bonds. The quantitative estimate of drug-likeness (QED) is 0.781. The molecule has 1 saturated heterocycles. The van der Waals surface area contributed by atoms with Crippen LogP contribution in [0.5, 0.6) is 0 Å². The first-order valence-corrected chi connectivity index (χ1v) is 7.56. The van der Waals surface area contributed by atoms with Gasteiger partial charge in [0.05, 0.1) is 5.60 Å². The Morgan fingerprint density at radius 2 is 2.19 bits per heavy atom. The molecule has 0 aromatic rings. The summed E-state index contributed by atoms with van der Waals surface area (Å²) in [5, 5.41) is 13.7. The first kappa shape index (κ1) is 14.3. The van der Waals surface area contributed by atoms with Gasteiger partial charge in [-0.3, -0.25) is 0 Å². The van der Waals surface area contributed by atoms with Crippen LogP contribution < -0.4 is 5.32 Å². The smallest absolute Gasteiger partial charge is 0.0743 e. The number of nitrogens with one attached hydrogen (secondary N) is 1. The van der Waals surface area contributed by atoms with Gasteiger partial charge in [0.1, 0.15) is 0 Å². The zero-order valence-corrected chi connectivity index (χ0v) is 12.0. The van der Waals surface area contributed by atoms with Crippen LogP contribution in [0.1, 0.15) is 47.0 Å². The third kappa shape index (κ3) is 4.27. The van der Waals surface area contributed by atoms with Crippen LogP contribution in [0.2, 0.25) is 0 Å². The Labute approximate surface area is 105 Å². The van der Waals surface area contributed by atoms with Gasteiger partial charge >= 0.3 is 0 Å². The van der Waals surface area contributed by atoms with Crippen molar-refractivity contribution in [2.75, 3.05) is 18.1 Å². The Kier molecular flexibility index (Phi) is 5.14. The topological polar surface area (TPSA) is 32.3 Å². The molecule has 2 nitrogen and oxygen atoms in total. The second-order valence-corrected chi connectivity index (χ2v) is 7.14. The van der Waals surface area contributed by atoms with E-state index in [0.717, 1.165) is 19.4 Å². The van der Waals surface area contributed by atoms with Crippen LogP contribution in [0.15, 0.2) is 0 Å². The van der Waals surface area contributed by atoms with Crippen molar-refractivity contribution in [2.24, 2.45) is 5.41 Å². The van der Waals surface area contributed by atoms with Crippen LogP contribution >= 0.6 is 11.8 Å². The molecule has 1 rings (SSSR count). The third-order valence-electron chi connectivity index (χ3n) is 3.64. The van der Waals surface area contributed by atoms with Gasteiger partial charge in [0.25, 0.3) is 0 Å². The molecule has 1 fully saturated rings. The van der Waals surface area contributed by atoms with E-state index in [4.69, 9.17) is 0 Å². The van der Waals surface area contributed by atoms with Gasteiger partial charge in [-0.2, -0.15) is 11.8 Å². The normalized spacial score (nSPS) is 28.7. The summed E-state index contributed by atoms with van der Waals surface area (Å²) in [6.45, 7) is 9.44. The lowest BCUT2D eigenvalue weighted by Gasteiger charge is -2.40. The Hall–Kier alpha value is 0.270. The van der Waals surface area contributed by atoms with Crippen LogP contribution in [-0.2, 0) is 0 Å². The third-order valence-corrected chi connectivity index (χ3v) is 4.70. The zero-order chi connectivity index (χ0) is 12.2. The van der Waals surface area contributed by atoms with E-state index < -0.39 is 5.60 Å². The molecular weight excluding hydrogens is 218 g/mol. The predicted molar refractivity (Wildman–Crippen MR) is 73.0 cm³/mol. The molecular formula is C13H27NOS. The molecule has 0 aromatic heterocycles. The molecule has 1 aliphatic heterocycles. The lowest BCUT2D eigenvalue weighted by molar-refractivity contribution is 0.0423. The fraction of sp³-hybridized carbons (Fsp3) is 1.00. The van der Waals surface area contributed by atoms with E-state index in [0.29, 0.717) is 11.5 Å². The van der Waals surface area contributed by atoms with Crippen LogP contribution in [-0.4, -0.2) is 34.8 Å². The van der Waals surface area contributed by atoms with Crippen molar-refractivity contribution >= 4 is 11.8 Å². The molecule has 0 aliphatic carbocycles. The highest BCUT2D eigenvalue weighted by atomic mass is 32.2. The second-order valence-electron chi connectivity index (χ2n) is 5.99. The van der Waals surface area contributed by atoms with Gasteiger partial charge < -0.3 is 10.4 Å². The van der Waals surface area contributed by atoms with Gasteiger partial charge in [-0.05, 0) is 30.9 Å². The molecule has 2 unspecified atom stereocenters. The fourth-order valence-electron chi connectivity index (χ4n) is 2.24. The highest BCUT2D eigenvalue weighted by Gasteiger charge is 2.33. The van der Waals surface area contributed by atoms with Crippen molar-refractivity contribution < 1.29 is 5.11 Å². The summed E-state index contributed by atoms with van der Waals surface area (Å²) in [6, 6.07) is 0.537. The average Bonchev–Trinajstić information content (AvgIpc) is 2.15. The lowest BCUT2D eigenvalue weighted by atomic mass is 9.82. The maximum absolute atomic E-state index is 10.1. The summed E-state index contributed by atoms with van der Waals surface area (Å²) in [5.74, 6) is 2.45. The van der Waals surface area contributed by atoms with Crippen molar-refractivity contribution in [3.8, 4) is 0 Å². The minimum atomic E-state index is -0.549. The molecule has 2 atom stereocenters. The summed E-state index contributed by atoms with van der Waals surface area (Å²) in [6.07, 6.45) is 3.18. The molecule has 96 valence electrons. The summed E-state index contributed by atoms with van der Waals surface area (Å²) in [7, 11) is 0. The molecule has 0 spiro atoms. The molecule has 0 bridgehead atoms. The number of rotatable bonds is 5. The van der Waals surface area contributed by atoms with E-state index in [9.17, 15) is 5.11 Å². The van der Waals surface area contributed by atoms with Gasteiger partial charge in [-0.1, -0.05) is 27.2 Å². The minimum absolute atomic E-state index is 0.369. The van der Waals surface area contributed by atoms with Gasteiger partial charge in [0.15, 0.2) is 0 Å². The number of aliphatic hydroxyl groups is 1. The standard InChI is InChI=1S/C13H27NOS/c1-5-6-13(4,15)10-14-11-9-16-8-7-12(11,2)3/h11,14-15H,5-10H2,1-4H3. The molecule has 2 N–H and O–H groups in total. The van der Waals surface area contributed by atoms with E-state index in [-0.39, 0.29) is 0 Å². The van der Waals surface area contributed by atoms with E-state index in [1.807, 2.05) is 18.7 Å². The molecule has 1 aliphatic rings. The predicted octanol–water partition coefficient (Wildman–Crippen LogP) is 2.66. The molecule has 3 heteroatoms. The average molecular weight is 245 g/mol. The SMILES string of the molecule is CCCC(C)(O)CNC1CSCCC1(C)C. The zero-order valence-electron chi connectivity index (χ0n) is 11.2. The molecule has 16 heavy (non-hydrogen) atoms. The molecule has 1 heterocycles. The maximum Gasteiger partial charge on any atom is 0.0743 e. The highest BCUT2D eigenvalue weighted by Crippen LogP contribution is 2.34. The Morgan fingerprint density at radius 1 is 1.50 bits per heavy atom. The molecule has 0 saturated carbocycles. The highest BCUT2D eigenvalue weighted by molar-refractivity contribution is 7.99. The van der Waals surface area contributed by atoms with Crippen molar-refractivity contribution in [1.29, 1.82) is 0 Å². The fourth-order valence-corrected chi connectivity index (χ4v) is 3.88. The summed E-state index contributed by atoms with van der Waals surface area (Å²) >= 11 is 2.03. The lowest BCUT2D eigenvalue weighted by Crippen LogP contribution is -2.51. The van der Waals surface area contributed by atoms with Gasteiger partial charge in [0, 0.05) is 18.3 Å².